The molecule has 1 rings (SSSR count). The fourth-order valence-corrected chi connectivity index (χ4v) is 0.920. The summed E-state index contributed by atoms with van der Waals surface area (Å²) in [4.78, 5) is 10.6. The molecular formula is C9H7F3O3. The van der Waals surface area contributed by atoms with Crippen molar-refractivity contribution in [3.05, 3.63) is 29.8 Å². The maximum atomic E-state index is 12.5. The minimum absolute atomic E-state index is 0.439. The van der Waals surface area contributed by atoms with Gasteiger partial charge in [-0.2, -0.15) is 8.78 Å². The van der Waals surface area contributed by atoms with Crippen molar-refractivity contribution in [2.45, 2.75) is 6.11 Å². The van der Waals surface area contributed by atoms with Gasteiger partial charge in [-0.3, -0.25) is 0 Å². The van der Waals surface area contributed by atoms with E-state index in [-0.39, 0.29) is 0 Å². The molecule has 0 aliphatic rings. The van der Waals surface area contributed by atoms with Gasteiger partial charge in [-0.1, -0.05) is 12.1 Å². The van der Waals surface area contributed by atoms with Gasteiger partial charge in [0.2, 0.25) is 0 Å². The molecule has 1 aromatic rings. The summed E-state index contributed by atoms with van der Waals surface area (Å²) in [5, 5.41) is 8.62. The molecule has 82 valence electrons. The Kier molecular flexibility index (Phi) is 3.18. The molecule has 1 N–H and O–H groups in total. The molecule has 0 aliphatic heterocycles. The van der Waals surface area contributed by atoms with Crippen molar-refractivity contribution < 1.29 is 27.8 Å². The molecule has 6 heteroatoms. The lowest BCUT2D eigenvalue weighted by Gasteiger charge is -2.15. The van der Waals surface area contributed by atoms with Crippen LogP contribution < -0.4 is 4.74 Å². The largest absolute Gasteiger partial charge is 0.478 e. The molecule has 0 spiro atoms. The third kappa shape index (κ3) is 2.87. The van der Waals surface area contributed by atoms with E-state index in [0.29, 0.717) is 0 Å². The molecule has 0 unspecified atom stereocenters. The Hall–Kier alpha value is -1.72. The average molecular weight is 220 g/mol. The number of hydrogen-bond acceptors (Lipinski definition) is 2. The van der Waals surface area contributed by atoms with E-state index in [2.05, 4.69) is 4.74 Å². The van der Waals surface area contributed by atoms with E-state index < -0.39 is 30.1 Å². The molecule has 0 heterocycles. The van der Waals surface area contributed by atoms with Crippen LogP contribution in [0.1, 0.15) is 10.4 Å². The normalized spacial score (nSPS) is 11.1. The van der Waals surface area contributed by atoms with Gasteiger partial charge < -0.3 is 9.84 Å². The van der Waals surface area contributed by atoms with E-state index in [1.807, 2.05) is 0 Å². The molecule has 15 heavy (non-hydrogen) atoms. The molecule has 0 aliphatic carbocycles. The van der Waals surface area contributed by atoms with Gasteiger partial charge in [0, 0.05) is 0 Å². The van der Waals surface area contributed by atoms with Crippen LogP contribution in [0, 0.1) is 0 Å². The van der Waals surface area contributed by atoms with Gasteiger partial charge in [0.05, 0.1) is 0 Å². The fraction of sp³-hybridized carbons (Fsp3) is 0.222. The Bertz CT molecular complexity index is 365. The van der Waals surface area contributed by atoms with Gasteiger partial charge in [0.25, 0.3) is 0 Å². The van der Waals surface area contributed by atoms with Crippen molar-refractivity contribution in [3.8, 4) is 5.75 Å². The van der Waals surface area contributed by atoms with Crippen LogP contribution >= 0.6 is 0 Å². The molecule has 0 saturated carbocycles. The molecule has 3 nitrogen and oxygen atoms in total. The first kappa shape index (κ1) is 11.4. The molecule has 0 radical (unpaired) electrons. The summed E-state index contributed by atoms with van der Waals surface area (Å²) >= 11 is 0. The van der Waals surface area contributed by atoms with Crippen LogP contribution in [0.15, 0.2) is 24.3 Å². The van der Waals surface area contributed by atoms with E-state index in [1.54, 1.807) is 0 Å². The third-order valence-corrected chi connectivity index (χ3v) is 1.53. The summed E-state index contributed by atoms with van der Waals surface area (Å²) in [6.07, 6.45) is -4.01. The second-order valence-corrected chi connectivity index (χ2v) is 2.67. The van der Waals surface area contributed by atoms with Crippen molar-refractivity contribution in [2.75, 3.05) is 6.67 Å². The monoisotopic (exact) mass is 220 g/mol. The van der Waals surface area contributed by atoms with E-state index in [4.69, 9.17) is 5.11 Å². The smallest absolute Gasteiger partial charge is 0.427 e. The first-order chi connectivity index (χ1) is 6.96. The zero-order chi connectivity index (χ0) is 11.5. The number of ether oxygens (including phenoxy) is 1. The van der Waals surface area contributed by atoms with E-state index >= 15 is 0 Å². The number of carboxylic acid groups (broad SMARTS) is 1. The van der Waals surface area contributed by atoms with Crippen LogP contribution in [0.25, 0.3) is 0 Å². The highest BCUT2D eigenvalue weighted by Crippen LogP contribution is 2.25. The summed E-state index contributed by atoms with van der Waals surface area (Å²) in [7, 11) is 0. The van der Waals surface area contributed by atoms with E-state index in [1.165, 1.54) is 12.1 Å². The predicted molar refractivity (Wildman–Crippen MR) is 45.0 cm³/mol. The van der Waals surface area contributed by atoms with Crippen molar-refractivity contribution >= 4 is 5.97 Å². The van der Waals surface area contributed by atoms with Crippen LogP contribution in [0.4, 0.5) is 13.2 Å². The van der Waals surface area contributed by atoms with Gasteiger partial charge in [0.1, 0.15) is 11.3 Å². The third-order valence-electron chi connectivity index (χ3n) is 1.53. The van der Waals surface area contributed by atoms with Crippen LogP contribution in [-0.4, -0.2) is 23.9 Å². The maximum Gasteiger partial charge on any atom is 0.427 e. The Morgan fingerprint density at radius 3 is 2.53 bits per heavy atom. The maximum absolute atomic E-state index is 12.5. The van der Waals surface area contributed by atoms with Crippen LogP contribution in [0.2, 0.25) is 0 Å². The summed E-state index contributed by atoms with van der Waals surface area (Å²) in [6, 6.07) is 4.79. The topological polar surface area (TPSA) is 46.5 Å². The highest BCUT2D eigenvalue weighted by molar-refractivity contribution is 5.90. The lowest BCUT2D eigenvalue weighted by atomic mass is 10.2. The second kappa shape index (κ2) is 4.20. The van der Waals surface area contributed by atoms with Crippen LogP contribution in [-0.2, 0) is 0 Å². The van der Waals surface area contributed by atoms with Gasteiger partial charge in [-0.25, -0.2) is 9.18 Å². The summed E-state index contributed by atoms with van der Waals surface area (Å²) in [5.74, 6) is -1.98. The predicted octanol–water partition coefficient (Wildman–Crippen LogP) is 2.33. The SMILES string of the molecule is O=C(O)c1ccccc1OC(F)(F)CF. The van der Waals surface area contributed by atoms with Crippen molar-refractivity contribution in [1.82, 2.24) is 0 Å². The van der Waals surface area contributed by atoms with Gasteiger partial charge in [-0.05, 0) is 12.1 Å². The number of carboxylic acids is 1. The van der Waals surface area contributed by atoms with Crippen molar-refractivity contribution in [1.29, 1.82) is 0 Å². The molecule has 0 atom stereocenters. The lowest BCUT2D eigenvalue weighted by molar-refractivity contribution is -0.186. The summed E-state index contributed by atoms with van der Waals surface area (Å²) in [5.41, 5.74) is -0.439. The summed E-state index contributed by atoms with van der Waals surface area (Å²) < 4.78 is 40.7. The molecule has 1 aromatic carbocycles. The van der Waals surface area contributed by atoms with Crippen molar-refractivity contribution in [3.63, 3.8) is 0 Å². The number of rotatable bonds is 4. The zero-order valence-electron chi connectivity index (χ0n) is 7.41. The molecule has 0 fully saturated rings. The minimum Gasteiger partial charge on any atom is -0.478 e. The number of para-hydroxylation sites is 1. The molecule has 0 aromatic heterocycles. The first-order valence-electron chi connectivity index (χ1n) is 3.91. The van der Waals surface area contributed by atoms with Gasteiger partial charge in [-0.15, -0.1) is 0 Å². The Balaban J connectivity index is 2.99. The highest BCUT2D eigenvalue weighted by Gasteiger charge is 2.33. The lowest BCUT2D eigenvalue weighted by Crippen LogP contribution is -2.27. The van der Waals surface area contributed by atoms with Crippen LogP contribution in [0.3, 0.4) is 0 Å². The van der Waals surface area contributed by atoms with Gasteiger partial charge in [0.15, 0.2) is 6.67 Å². The minimum atomic E-state index is -4.01. The fourth-order valence-electron chi connectivity index (χ4n) is 0.920. The average Bonchev–Trinajstić information content (AvgIpc) is 2.18. The molecule has 0 saturated heterocycles. The quantitative estimate of drug-likeness (QED) is 0.846. The Labute approximate surface area is 83.1 Å². The van der Waals surface area contributed by atoms with Gasteiger partial charge >= 0.3 is 12.1 Å². The number of benzene rings is 1. The molecule has 0 bridgehead atoms. The number of hydrogen-bond donors (Lipinski definition) is 1. The second-order valence-electron chi connectivity index (χ2n) is 2.67. The van der Waals surface area contributed by atoms with E-state index in [0.717, 1.165) is 12.1 Å². The Morgan fingerprint density at radius 1 is 1.40 bits per heavy atom. The zero-order valence-corrected chi connectivity index (χ0v) is 7.41. The number of carbonyl (C=O) groups is 1. The number of halogens is 3. The summed E-state index contributed by atoms with van der Waals surface area (Å²) in [6.45, 7) is -2.01. The molecule has 0 amide bonds. The number of aromatic carboxylic acids is 1. The Morgan fingerprint density at radius 2 is 2.00 bits per heavy atom. The highest BCUT2D eigenvalue weighted by atomic mass is 19.3. The van der Waals surface area contributed by atoms with E-state index in [9.17, 15) is 18.0 Å². The van der Waals surface area contributed by atoms with Crippen LogP contribution in [0.5, 0.6) is 5.75 Å². The molecular weight excluding hydrogens is 213 g/mol. The number of alkyl halides is 3. The standard InChI is InChI=1S/C9H7F3O3/c10-5-9(11,12)15-7-4-2-1-3-6(7)8(13)14/h1-4H,5H2,(H,13,14). The van der Waals surface area contributed by atoms with Crippen molar-refractivity contribution in [2.24, 2.45) is 0 Å². The first-order valence-corrected chi connectivity index (χ1v) is 3.91.